The summed E-state index contributed by atoms with van der Waals surface area (Å²) >= 11 is 0. The van der Waals surface area contributed by atoms with E-state index in [1.165, 1.54) is 100 Å². The van der Waals surface area contributed by atoms with E-state index in [1.807, 2.05) is 0 Å². The molecule has 1 heteroatoms. The standard InChI is InChI=1S/C71H63N/c1-48(42-50-30-40-63-61-26-12-14-28-66(61)70(2,3)68(63)44-50)65(43-49-18-8-6-9-19-49)57-22-16-20-55(45-57)53-35-31-51(32-36-53)52-33-37-54(38-34-52)56-21-17-25-59(46-56)72(58-23-10-7-11-24-58)60-39-41-64-62-27-13-15-29-67(62)71(4,5)69(64)47-60/h6-31,33-35,37-41,44-48,65H,32,36,42-43H2,1-5H3. The van der Waals surface area contributed by atoms with Crippen molar-refractivity contribution in [2.24, 2.45) is 5.92 Å². The summed E-state index contributed by atoms with van der Waals surface area (Å²) in [5, 5.41) is 0. The Morgan fingerprint density at radius 2 is 0.903 bits per heavy atom. The minimum Gasteiger partial charge on any atom is -0.310 e. The van der Waals surface area contributed by atoms with Gasteiger partial charge in [-0.15, -0.1) is 0 Å². The molecule has 0 saturated carbocycles. The van der Waals surface area contributed by atoms with Crippen molar-refractivity contribution in [2.45, 2.75) is 77.0 Å². The van der Waals surface area contributed by atoms with E-state index in [0.717, 1.165) is 37.1 Å². The molecule has 0 amide bonds. The second-order valence-electron chi connectivity index (χ2n) is 21.7. The maximum atomic E-state index is 2.51. The third-order valence-electron chi connectivity index (χ3n) is 16.6. The van der Waals surface area contributed by atoms with Gasteiger partial charge in [0.2, 0.25) is 0 Å². The van der Waals surface area contributed by atoms with Crippen molar-refractivity contribution in [3.8, 4) is 33.4 Å². The van der Waals surface area contributed by atoms with Gasteiger partial charge in [0.25, 0.3) is 0 Å². The summed E-state index contributed by atoms with van der Waals surface area (Å²) < 4.78 is 0. The number of nitrogens with zero attached hydrogens (tertiary/aromatic N) is 1. The molecule has 352 valence electrons. The summed E-state index contributed by atoms with van der Waals surface area (Å²) in [4.78, 5) is 2.41. The maximum absolute atomic E-state index is 2.51. The number of fused-ring (bicyclic) bond motifs is 6. The second-order valence-corrected chi connectivity index (χ2v) is 21.7. The molecule has 9 aromatic rings. The molecule has 2 unspecified atom stereocenters. The monoisotopic (exact) mass is 929 g/mol. The van der Waals surface area contributed by atoms with Crippen molar-refractivity contribution in [3.05, 3.63) is 281 Å². The Morgan fingerprint density at radius 3 is 1.58 bits per heavy atom. The molecule has 2 atom stereocenters. The van der Waals surface area contributed by atoms with Crippen LogP contribution in [0.4, 0.5) is 17.1 Å². The van der Waals surface area contributed by atoms with Gasteiger partial charge in [-0.3, -0.25) is 0 Å². The summed E-state index contributed by atoms with van der Waals surface area (Å²) in [5.74, 6) is 0.827. The number of hydrogen-bond acceptors (Lipinski definition) is 1. The highest BCUT2D eigenvalue weighted by atomic mass is 15.1. The molecular weight excluding hydrogens is 867 g/mol. The van der Waals surface area contributed by atoms with Crippen molar-refractivity contribution >= 4 is 28.2 Å². The van der Waals surface area contributed by atoms with Gasteiger partial charge in [-0.1, -0.05) is 229 Å². The Bertz CT molecular complexity index is 3530. The first kappa shape index (κ1) is 45.4. The summed E-state index contributed by atoms with van der Waals surface area (Å²) in [6.45, 7) is 12.0. The van der Waals surface area contributed by atoms with Crippen LogP contribution in [0.25, 0.3) is 44.5 Å². The van der Waals surface area contributed by atoms with Gasteiger partial charge in [-0.05, 0) is 169 Å². The normalized spacial score (nSPS) is 15.6. The highest BCUT2D eigenvalue weighted by Crippen LogP contribution is 2.52. The number of benzene rings is 9. The van der Waals surface area contributed by atoms with Crippen LogP contribution in [0.2, 0.25) is 0 Å². The second kappa shape index (κ2) is 18.5. The first-order valence-corrected chi connectivity index (χ1v) is 26.2. The lowest BCUT2D eigenvalue weighted by Gasteiger charge is -2.28. The quantitative estimate of drug-likeness (QED) is 0.118. The van der Waals surface area contributed by atoms with Gasteiger partial charge in [0.05, 0.1) is 0 Å². The molecule has 0 fully saturated rings. The number of hydrogen-bond donors (Lipinski definition) is 0. The molecule has 72 heavy (non-hydrogen) atoms. The van der Waals surface area contributed by atoms with Crippen molar-refractivity contribution in [1.29, 1.82) is 0 Å². The molecule has 0 saturated heterocycles. The lowest BCUT2D eigenvalue weighted by atomic mass is 9.77. The summed E-state index contributed by atoms with van der Waals surface area (Å²) in [6, 6.07) is 81.8. The molecule has 0 aromatic heterocycles. The molecule has 0 N–H and O–H groups in total. The van der Waals surface area contributed by atoms with Crippen molar-refractivity contribution in [3.63, 3.8) is 0 Å². The van der Waals surface area contributed by atoms with Crippen LogP contribution in [0.3, 0.4) is 0 Å². The van der Waals surface area contributed by atoms with Crippen LogP contribution in [0, 0.1) is 5.92 Å². The van der Waals surface area contributed by atoms with Gasteiger partial charge in [0.1, 0.15) is 0 Å². The molecule has 0 bridgehead atoms. The Kier molecular flexibility index (Phi) is 11.6. The SMILES string of the molecule is CC(Cc1ccc2c(c1)C(C)(C)c1ccccc1-2)C(Cc1ccccc1)c1cccc(C2=CC=C(c3ccc(-c4cccc(N(c5ccccc5)c5ccc6c(c5)C(C)(C)c5ccccc5-6)c4)cc3)CC2)c1. The van der Waals surface area contributed by atoms with Crippen molar-refractivity contribution < 1.29 is 0 Å². The minimum absolute atomic E-state index is 0.00393. The van der Waals surface area contributed by atoms with E-state index in [4.69, 9.17) is 0 Å². The van der Waals surface area contributed by atoms with E-state index >= 15 is 0 Å². The fourth-order valence-corrected chi connectivity index (χ4v) is 12.6. The summed E-state index contributed by atoms with van der Waals surface area (Å²) in [7, 11) is 0. The average molecular weight is 930 g/mol. The summed E-state index contributed by atoms with van der Waals surface area (Å²) in [5.41, 5.74) is 26.6. The van der Waals surface area contributed by atoms with Gasteiger partial charge in [0, 0.05) is 27.9 Å². The van der Waals surface area contributed by atoms with E-state index in [1.54, 1.807) is 0 Å². The lowest BCUT2D eigenvalue weighted by molar-refractivity contribution is 0.453. The predicted molar refractivity (Wildman–Crippen MR) is 306 cm³/mol. The van der Waals surface area contributed by atoms with Gasteiger partial charge in [-0.25, -0.2) is 0 Å². The van der Waals surface area contributed by atoms with E-state index in [-0.39, 0.29) is 10.8 Å². The van der Waals surface area contributed by atoms with Crippen molar-refractivity contribution in [2.75, 3.05) is 4.90 Å². The largest absolute Gasteiger partial charge is 0.310 e. The predicted octanol–water partition coefficient (Wildman–Crippen LogP) is 18.9. The zero-order chi connectivity index (χ0) is 49.0. The number of rotatable bonds is 12. The molecule has 0 heterocycles. The number of anilines is 3. The molecule has 0 aliphatic heterocycles. The van der Waals surface area contributed by atoms with Gasteiger partial charge < -0.3 is 4.90 Å². The van der Waals surface area contributed by atoms with Crippen LogP contribution in [0.1, 0.15) is 103 Å². The molecule has 0 spiro atoms. The third-order valence-corrected chi connectivity index (χ3v) is 16.6. The van der Waals surface area contributed by atoms with Crippen LogP contribution in [0.15, 0.2) is 231 Å². The molecule has 12 rings (SSSR count). The van der Waals surface area contributed by atoms with Crippen LogP contribution in [0.5, 0.6) is 0 Å². The molecule has 3 aliphatic rings. The zero-order valence-corrected chi connectivity index (χ0v) is 42.4. The fourth-order valence-electron chi connectivity index (χ4n) is 12.6. The van der Waals surface area contributed by atoms with E-state index in [2.05, 4.69) is 270 Å². The van der Waals surface area contributed by atoms with Crippen LogP contribution < -0.4 is 4.90 Å². The highest BCUT2D eigenvalue weighted by Gasteiger charge is 2.37. The zero-order valence-electron chi connectivity index (χ0n) is 42.4. The molecule has 1 nitrogen and oxygen atoms in total. The Morgan fingerprint density at radius 1 is 0.375 bits per heavy atom. The Balaban J connectivity index is 0.785. The number of allylic oxidation sites excluding steroid dienone is 4. The van der Waals surface area contributed by atoms with Crippen LogP contribution in [-0.2, 0) is 23.7 Å². The highest BCUT2D eigenvalue weighted by molar-refractivity contribution is 5.87. The first-order valence-electron chi connectivity index (χ1n) is 26.2. The molecule has 3 aliphatic carbocycles. The van der Waals surface area contributed by atoms with Crippen LogP contribution in [-0.4, -0.2) is 0 Å². The van der Waals surface area contributed by atoms with Crippen molar-refractivity contribution in [1.82, 2.24) is 0 Å². The average Bonchev–Trinajstić information content (AvgIpc) is 3.79. The van der Waals surface area contributed by atoms with Crippen LogP contribution >= 0.6 is 0 Å². The van der Waals surface area contributed by atoms with E-state index < -0.39 is 0 Å². The minimum atomic E-state index is -0.0774. The molecular formula is C71H63N. The lowest BCUT2D eigenvalue weighted by Crippen LogP contribution is -2.17. The van der Waals surface area contributed by atoms with E-state index in [9.17, 15) is 0 Å². The third kappa shape index (κ3) is 8.25. The first-order chi connectivity index (χ1) is 35.1. The summed E-state index contributed by atoms with van der Waals surface area (Å²) in [6.07, 6.45) is 8.84. The Labute approximate surface area is 427 Å². The fraction of sp³-hybridized carbons (Fsp3) is 0.183. The molecule has 9 aromatic carbocycles. The van der Waals surface area contributed by atoms with E-state index in [0.29, 0.717) is 11.8 Å². The topological polar surface area (TPSA) is 3.24 Å². The molecule has 0 radical (unpaired) electrons. The van der Waals surface area contributed by atoms with Gasteiger partial charge in [-0.2, -0.15) is 0 Å². The van der Waals surface area contributed by atoms with Gasteiger partial charge in [0.15, 0.2) is 0 Å². The maximum Gasteiger partial charge on any atom is 0.0467 e. The van der Waals surface area contributed by atoms with Gasteiger partial charge >= 0.3 is 0 Å². The smallest absolute Gasteiger partial charge is 0.0467 e. The Hall–Kier alpha value is -7.74. The number of para-hydroxylation sites is 1.